The Bertz CT molecular complexity index is 654. The Balaban J connectivity index is 2.04. The molecule has 1 heterocycles. The minimum Gasteiger partial charge on any atom is -0.465 e. The molecule has 0 radical (unpaired) electrons. The summed E-state index contributed by atoms with van der Waals surface area (Å²) in [5.74, 6) is -0.203. The summed E-state index contributed by atoms with van der Waals surface area (Å²) >= 11 is 0. The molecule has 1 aliphatic rings. The molecule has 0 saturated carbocycles. The Morgan fingerprint density at radius 2 is 1.67 bits per heavy atom. The molecule has 8 nitrogen and oxygen atoms in total. The van der Waals surface area contributed by atoms with Crippen LogP contribution >= 0.6 is 0 Å². The fourth-order valence-electron chi connectivity index (χ4n) is 2.95. The Kier molecular flexibility index (Phi) is 7.60. The van der Waals surface area contributed by atoms with Crippen LogP contribution in [-0.2, 0) is 22.6 Å². The van der Waals surface area contributed by atoms with Gasteiger partial charge in [-0.2, -0.15) is 0 Å². The summed E-state index contributed by atoms with van der Waals surface area (Å²) in [7, 11) is 2.03. The van der Waals surface area contributed by atoms with E-state index in [9.17, 15) is 14.4 Å². The molecule has 27 heavy (non-hydrogen) atoms. The maximum atomic E-state index is 12.9. The van der Waals surface area contributed by atoms with Crippen molar-refractivity contribution < 1.29 is 19.5 Å². The smallest absolute Gasteiger partial charge is 0.404 e. The summed E-state index contributed by atoms with van der Waals surface area (Å²) in [5.41, 5.74) is 1.75. The highest BCUT2D eigenvalue weighted by Crippen LogP contribution is 2.11. The second-order valence-electron chi connectivity index (χ2n) is 6.78. The van der Waals surface area contributed by atoms with Gasteiger partial charge in [0, 0.05) is 45.6 Å². The zero-order valence-corrected chi connectivity index (χ0v) is 15.9. The number of amides is 3. The highest BCUT2D eigenvalue weighted by molar-refractivity contribution is 5.88. The average Bonchev–Trinajstić information content (AvgIpc) is 2.66. The van der Waals surface area contributed by atoms with Crippen LogP contribution in [0, 0.1) is 0 Å². The van der Waals surface area contributed by atoms with Gasteiger partial charge in [0.25, 0.3) is 0 Å². The topological polar surface area (TPSA) is 102 Å². The standard InChI is InChI=1S/C19H28N4O4/c1-3-17(24)21-16(18(25)23-10-8-22(2)9-11-23)12-14-4-6-15(7-5-14)13-20-19(26)27/h4-7,16,20H,3,8-13H2,1-2H3,(H,21,24)(H,26,27). The van der Waals surface area contributed by atoms with E-state index in [1.54, 1.807) is 6.92 Å². The Hall–Kier alpha value is -2.61. The predicted molar refractivity (Wildman–Crippen MR) is 101 cm³/mol. The lowest BCUT2D eigenvalue weighted by Crippen LogP contribution is -2.54. The molecule has 3 amide bonds. The molecule has 8 heteroatoms. The molecule has 3 N–H and O–H groups in total. The van der Waals surface area contributed by atoms with Crippen LogP contribution in [0.15, 0.2) is 24.3 Å². The highest BCUT2D eigenvalue weighted by atomic mass is 16.4. The van der Waals surface area contributed by atoms with Crippen LogP contribution < -0.4 is 10.6 Å². The van der Waals surface area contributed by atoms with Crippen LogP contribution in [0.3, 0.4) is 0 Å². The van der Waals surface area contributed by atoms with E-state index in [0.717, 1.165) is 24.2 Å². The minimum absolute atomic E-state index is 0.0541. The molecule has 1 fully saturated rings. The third-order valence-electron chi connectivity index (χ3n) is 4.68. The number of rotatable bonds is 7. The summed E-state index contributed by atoms with van der Waals surface area (Å²) in [4.78, 5) is 39.4. The maximum Gasteiger partial charge on any atom is 0.404 e. The van der Waals surface area contributed by atoms with Gasteiger partial charge in [0.2, 0.25) is 11.8 Å². The molecule has 1 aromatic carbocycles. The quantitative estimate of drug-likeness (QED) is 0.649. The van der Waals surface area contributed by atoms with E-state index >= 15 is 0 Å². The van der Waals surface area contributed by atoms with Crippen LogP contribution in [0.4, 0.5) is 4.79 Å². The second-order valence-corrected chi connectivity index (χ2v) is 6.78. The van der Waals surface area contributed by atoms with Crippen molar-refractivity contribution >= 4 is 17.9 Å². The Morgan fingerprint density at radius 3 is 2.22 bits per heavy atom. The first-order chi connectivity index (χ1) is 12.9. The van der Waals surface area contributed by atoms with Crippen LogP contribution in [-0.4, -0.2) is 72.1 Å². The van der Waals surface area contributed by atoms with E-state index in [-0.39, 0.29) is 18.4 Å². The van der Waals surface area contributed by atoms with Gasteiger partial charge in [-0.1, -0.05) is 31.2 Å². The Labute approximate surface area is 159 Å². The molecule has 0 spiro atoms. The summed E-state index contributed by atoms with van der Waals surface area (Å²) in [6.45, 7) is 4.96. The monoisotopic (exact) mass is 376 g/mol. The third kappa shape index (κ3) is 6.56. The van der Waals surface area contributed by atoms with E-state index in [2.05, 4.69) is 15.5 Å². The normalized spacial score (nSPS) is 15.9. The first-order valence-electron chi connectivity index (χ1n) is 9.20. The lowest BCUT2D eigenvalue weighted by Gasteiger charge is -2.34. The Morgan fingerprint density at radius 1 is 1.07 bits per heavy atom. The molecule has 1 unspecified atom stereocenters. The molecular formula is C19H28N4O4. The largest absolute Gasteiger partial charge is 0.465 e. The number of carbonyl (C=O) groups excluding carboxylic acids is 2. The van der Waals surface area contributed by atoms with Gasteiger partial charge in [0.15, 0.2) is 0 Å². The summed E-state index contributed by atoms with van der Waals surface area (Å²) in [6.07, 6.45) is -0.338. The number of piperazine rings is 1. The molecule has 1 saturated heterocycles. The zero-order chi connectivity index (χ0) is 19.8. The van der Waals surface area contributed by atoms with Crippen molar-refractivity contribution in [3.05, 3.63) is 35.4 Å². The molecule has 2 rings (SSSR count). The second kappa shape index (κ2) is 9.91. The summed E-state index contributed by atoms with van der Waals surface area (Å²) in [6, 6.07) is 6.78. The number of carboxylic acid groups (broad SMARTS) is 1. The number of nitrogens with one attached hydrogen (secondary N) is 2. The number of likely N-dealkylation sites (N-methyl/N-ethyl adjacent to an activating group) is 1. The van der Waals surface area contributed by atoms with E-state index in [0.29, 0.717) is 25.9 Å². The van der Waals surface area contributed by atoms with Gasteiger partial charge in [-0.05, 0) is 18.2 Å². The predicted octanol–water partition coefficient (Wildman–Crippen LogP) is 0.666. The van der Waals surface area contributed by atoms with Crippen molar-refractivity contribution in [2.75, 3.05) is 33.2 Å². The van der Waals surface area contributed by atoms with Gasteiger partial charge < -0.3 is 25.5 Å². The van der Waals surface area contributed by atoms with E-state index in [4.69, 9.17) is 5.11 Å². The molecule has 0 aliphatic carbocycles. The molecule has 0 bridgehead atoms. The number of hydrogen-bond donors (Lipinski definition) is 3. The van der Waals surface area contributed by atoms with Gasteiger partial charge in [-0.3, -0.25) is 9.59 Å². The molecule has 1 aliphatic heterocycles. The fourth-order valence-corrected chi connectivity index (χ4v) is 2.95. The zero-order valence-electron chi connectivity index (χ0n) is 15.9. The number of hydrogen-bond acceptors (Lipinski definition) is 4. The van der Waals surface area contributed by atoms with E-state index in [1.807, 2.05) is 36.2 Å². The van der Waals surface area contributed by atoms with Crippen molar-refractivity contribution in [3.8, 4) is 0 Å². The lowest BCUT2D eigenvalue weighted by atomic mass is 10.0. The van der Waals surface area contributed by atoms with Gasteiger partial charge in [-0.25, -0.2) is 4.79 Å². The third-order valence-corrected chi connectivity index (χ3v) is 4.68. The van der Waals surface area contributed by atoms with Crippen LogP contribution in [0.2, 0.25) is 0 Å². The number of benzene rings is 1. The summed E-state index contributed by atoms with van der Waals surface area (Å²) in [5, 5.41) is 13.8. The molecular weight excluding hydrogens is 348 g/mol. The summed E-state index contributed by atoms with van der Waals surface area (Å²) < 4.78 is 0. The van der Waals surface area contributed by atoms with Crippen molar-refractivity contribution in [2.24, 2.45) is 0 Å². The molecule has 0 aromatic heterocycles. The maximum absolute atomic E-state index is 12.9. The highest BCUT2D eigenvalue weighted by Gasteiger charge is 2.27. The molecule has 148 valence electrons. The fraction of sp³-hybridized carbons (Fsp3) is 0.526. The van der Waals surface area contributed by atoms with Crippen LogP contribution in [0.1, 0.15) is 24.5 Å². The minimum atomic E-state index is -1.07. The van der Waals surface area contributed by atoms with Crippen molar-refractivity contribution in [3.63, 3.8) is 0 Å². The van der Waals surface area contributed by atoms with Gasteiger partial charge in [0.05, 0.1) is 0 Å². The molecule has 1 atom stereocenters. The van der Waals surface area contributed by atoms with Crippen LogP contribution in [0.5, 0.6) is 0 Å². The van der Waals surface area contributed by atoms with Crippen molar-refractivity contribution in [2.45, 2.75) is 32.4 Å². The lowest BCUT2D eigenvalue weighted by molar-refractivity contribution is -0.137. The SMILES string of the molecule is CCC(=O)NC(Cc1ccc(CNC(=O)O)cc1)C(=O)N1CCN(C)CC1. The van der Waals surface area contributed by atoms with E-state index in [1.165, 1.54) is 0 Å². The van der Waals surface area contributed by atoms with E-state index < -0.39 is 12.1 Å². The molecule has 1 aromatic rings. The van der Waals surface area contributed by atoms with Gasteiger partial charge >= 0.3 is 6.09 Å². The number of carbonyl (C=O) groups is 3. The number of nitrogens with zero attached hydrogens (tertiary/aromatic N) is 2. The average molecular weight is 376 g/mol. The first-order valence-corrected chi connectivity index (χ1v) is 9.20. The van der Waals surface area contributed by atoms with Crippen molar-refractivity contribution in [1.29, 1.82) is 0 Å². The van der Waals surface area contributed by atoms with Gasteiger partial charge in [-0.15, -0.1) is 0 Å². The van der Waals surface area contributed by atoms with Crippen LogP contribution in [0.25, 0.3) is 0 Å². The van der Waals surface area contributed by atoms with Gasteiger partial charge in [0.1, 0.15) is 6.04 Å². The van der Waals surface area contributed by atoms with Crippen molar-refractivity contribution in [1.82, 2.24) is 20.4 Å². The first kappa shape index (κ1) is 20.7.